The third kappa shape index (κ3) is 1.75. The van der Waals surface area contributed by atoms with Crippen LogP contribution in [0, 0.1) is 29.1 Å². The van der Waals surface area contributed by atoms with Crippen molar-refractivity contribution in [3.05, 3.63) is 52.8 Å². The van der Waals surface area contributed by atoms with Crippen molar-refractivity contribution in [3.63, 3.8) is 0 Å². The smallest absolute Gasteiger partial charge is 0.200 e. The molecule has 0 bridgehead atoms. The Bertz CT molecular complexity index is 682. The van der Waals surface area contributed by atoms with Gasteiger partial charge in [0.05, 0.1) is 5.56 Å². The van der Waals surface area contributed by atoms with Crippen molar-refractivity contribution in [2.75, 3.05) is 11.9 Å². The van der Waals surface area contributed by atoms with E-state index in [1.807, 2.05) is 0 Å². The van der Waals surface area contributed by atoms with Gasteiger partial charge in [0.2, 0.25) is 5.82 Å². The van der Waals surface area contributed by atoms with E-state index in [9.17, 15) is 22.0 Å². The lowest BCUT2D eigenvalue weighted by Gasteiger charge is -2.10. The van der Waals surface area contributed by atoms with Gasteiger partial charge in [0.1, 0.15) is 0 Å². The van der Waals surface area contributed by atoms with Crippen LogP contribution in [0.15, 0.2) is 18.2 Å². The van der Waals surface area contributed by atoms with Gasteiger partial charge in [-0.3, -0.25) is 0 Å². The zero-order valence-corrected chi connectivity index (χ0v) is 10.0. The van der Waals surface area contributed by atoms with Crippen LogP contribution < -0.4 is 5.32 Å². The third-order valence-corrected chi connectivity index (χ3v) is 3.31. The normalized spacial score (nSPS) is 13.2. The maximum atomic E-state index is 13.7. The van der Waals surface area contributed by atoms with Gasteiger partial charge in [-0.05, 0) is 29.7 Å². The van der Waals surface area contributed by atoms with E-state index < -0.39 is 34.6 Å². The fourth-order valence-corrected chi connectivity index (χ4v) is 2.32. The monoisotopic (exact) mass is 285 g/mol. The van der Waals surface area contributed by atoms with Crippen LogP contribution in [0.1, 0.15) is 5.56 Å². The van der Waals surface area contributed by atoms with Crippen LogP contribution in [0.4, 0.5) is 27.6 Å². The molecule has 20 heavy (non-hydrogen) atoms. The number of benzene rings is 2. The molecule has 0 aromatic heterocycles. The van der Waals surface area contributed by atoms with Crippen LogP contribution in [-0.4, -0.2) is 6.54 Å². The number of halogens is 5. The Hall–Kier alpha value is -2.11. The largest absolute Gasteiger partial charge is 0.384 e. The Morgan fingerprint density at radius 3 is 2.05 bits per heavy atom. The summed E-state index contributed by atoms with van der Waals surface area (Å²) < 4.78 is 66.8. The first-order chi connectivity index (χ1) is 9.50. The molecule has 0 amide bonds. The Labute approximate surface area is 111 Å². The summed E-state index contributed by atoms with van der Waals surface area (Å²) in [5.41, 5.74) is 0.667. The lowest BCUT2D eigenvalue weighted by Crippen LogP contribution is -2.04. The Morgan fingerprint density at radius 1 is 0.800 bits per heavy atom. The van der Waals surface area contributed by atoms with E-state index in [1.54, 1.807) is 6.07 Å². The van der Waals surface area contributed by atoms with Gasteiger partial charge in [0.15, 0.2) is 23.3 Å². The molecule has 1 nitrogen and oxygen atoms in total. The third-order valence-electron chi connectivity index (χ3n) is 3.31. The summed E-state index contributed by atoms with van der Waals surface area (Å²) in [6.45, 7) is 0.676. The molecule has 0 fully saturated rings. The summed E-state index contributed by atoms with van der Waals surface area (Å²) in [7, 11) is 0. The van der Waals surface area contributed by atoms with Crippen molar-refractivity contribution in [1.29, 1.82) is 0 Å². The van der Waals surface area contributed by atoms with Gasteiger partial charge in [-0.25, -0.2) is 22.0 Å². The van der Waals surface area contributed by atoms with Crippen LogP contribution in [0.3, 0.4) is 0 Å². The van der Waals surface area contributed by atoms with Crippen LogP contribution >= 0.6 is 0 Å². The highest BCUT2D eigenvalue weighted by Gasteiger charge is 2.27. The van der Waals surface area contributed by atoms with Crippen molar-refractivity contribution in [1.82, 2.24) is 0 Å². The fourth-order valence-electron chi connectivity index (χ4n) is 2.32. The summed E-state index contributed by atoms with van der Waals surface area (Å²) in [6, 6.07) is 4.33. The standard InChI is InChI=1S/C14H8F5N/c15-10-9(11(16)13(18)14(19)12(10)17)7-1-2-8-6(5-7)3-4-20-8/h1-2,5,20H,3-4H2. The van der Waals surface area contributed by atoms with Crippen LogP contribution in [0.5, 0.6) is 0 Å². The van der Waals surface area contributed by atoms with Crippen molar-refractivity contribution in [3.8, 4) is 11.1 Å². The Balaban J connectivity index is 2.25. The van der Waals surface area contributed by atoms with Crippen LogP contribution in [0.2, 0.25) is 0 Å². The van der Waals surface area contributed by atoms with E-state index in [4.69, 9.17) is 0 Å². The Kier molecular flexibility index (Phi) is 2.88. The summed E-state index contributed by atoms with van der Waals surface area (Å²) in [6.07, 6.45) is 0.637. The molecule has 1 aliphatic heterocycles. The maximum Gasteiger partial charge on any atom is 0.200 e. The molecule has 0 unspecified atom stereocenters. The van der Waals surface area contributed by atoms with Crippen molar-refractivity contribution >= 4 is 5.69 Å². The predicted molar refractivity (Wildman–Crippen MR) is 63.9 cm³/mol. The number of rotatable bonds is 1. The maximum absolute atomic E-state index is 13.7. The van der Waals surface area contributed by atoms with E-state index in [0.717, 1.165) is 11.3 Å². The van der Waals surface area contributed by atoms with Gasteiger partial charge in [0.25, 0.3) is 0 Å². The fraction of sp³-hybridized carbons (Fsp3) is 0.143. The second-order valence-electron chi connectivity index (χ2n) is 4.49. The van der Waals surface area contributed by atoms with Crippen molar-refractivity contribution in [2.45, 2.75) is 6.42 Å². The molecule has 3 rings (SSSR count). The molecule has 0 saturated heterocycles. The van der Waals surface area contributed by atoms with Gasteiger partial charge in [-0.2, -0.15) is 0 Å². The first-order valence-electron chi connectivity index (χ1n) is 5.89. The van der Waals surface area contributed by atoms with E-state index >= 15 is 0 Å². The molecule has 1 heterocycles. The van der Waals surface area contributed by atoms with Gasteiger partial charge in [0, 0.05) is 12.2 Å². The molecule has 2 aromatic carbocycles. The quantitative estimate of drug-likeness (QED) is 0.474. The van der Waals surface area contributed by atoms with Crippen LogP contribution in [-0.2, 0) is 6.42 Å². The van der Waals surface area contributed by atoms with Crippen molar-refractivity contribution in [2.24, 2.45) is 0 Å². The summed E-state index contributed by atoms with van der Waals surface area (Å²) in [5.74, 6) is -9.64. The zero-order chi connectivity index (χ0) is 14.4. The number of hydrogen-bond acceptors (Lipinski definition) is 1. The molecule has 6 heteroatoms. The van der Waals surface area contributed by atoms with Gasteiger partial charge >= 0.3 is 0 Å². The zero-order valence-electron chi connectivity index (χ0n) is 10.0. The molecule has 2 aromatic rings. The number of fused-ring (bicyclic) bond motifs is 1. The summed E-state index contributed by atoms with van der Waals surface area (Å²) in [5, 5.41) is 3.04. The first-order valence-corrected chi connectivity index (χ1v) is 5.89. The highest BCUT2D eigenvalue weighted by molar-refractivity contribution is 5.71. The lowest BCUT2D eigenvalue weighted by atomic mass is 10.00. The number of nitrogens with one attached hydrogen (secondary N) is 1. The first kappa shape index (κ1) is 12.9. The van der Waals surface area contributed by atoms with Crippen molar-refractivity contribution < 1.29 is 22.0 Å². The van der Waals surface area contributed by atoms with Gasteiger partial charge in [-0.1, -0.05) is 6.07 Å². The average molecular weight is 285 g/mol. The highest BCUT2D eigenvalue weighted by atomic mass is 19.2. The molecule has 1 aliphatic rings. The molecule has 0 radical (unpaired) electrons. The minimum atomic E-state index is -2.15. The second-order valence-corrected chi connectivity index (χ2v) is 4.49. The topological polar surface area (TPSA) is 12.0 Å². The van der Waals surface area contributed by atoms with Crippen LogP contribution in [0.25, 0.3) is 11.1 Å². The molecule has 1 N–H and O–H groups in total. The van der Waals surface area contributed by atoms with E-state index in [2.05, 4.69) is 5.32 Å². The minimum Gasteiger partial charge on any atom is -0.384 e. The number of hydrogen-bond donors (Lipinski definition) is 1. The van der Waals surface area contributed by atoms with E-state index in [-0.39, 0.29) is 5.56 Å². The molecule has 0 spiro atoms. The molecular formula is C14H8F5N. The number of anilines is 1. The van der Waals surface area contributed by atoms with E-state index in [1.165, 1.54) is 12.1 Å². The molecule has 0 aliphatic carbocycles. The van der Waals surface area contributed by atoms with Gasteiger partial charge < -0.3 is 5.32 Å². The molecule has 0 atom stereocenters. The predicted octanol–water partition coefficient (Wildman–Crippen LogP) is 4.02. The van der Waals surface area contributed by atoms with Gasteiger partial charge in [-0.15, -0.1) is 0 Å². The average Bonchev–Trinajstić information content (AvgIpc) is 2.91. The SMILES string of the molecule is Fc1c(F)c(F)c(-c2ccc3c(c2)CCN3)c(F)c1F. The summed E-state index contributed by atoms with van der Waals surface area (Å²) in [4.78, 5) is 0. The molecular weight excluding hydrogens is 277 g/mol. The minimum absolute atomic E-state index is 0.0275. The molecule has 0 saturated carbocycles. The Morgan fingerprint density at radius 2 is 1.40 bits per heavy atom. The summed E-state index contributed by atoms with van der Waals surface area (Å²) >= 11 is 0. The van der Waals surface area contributed by atoms with E-state index in [0.29, 0.717) is 13.0 Å². The second kappa shape index (κ2) is 4.47. The molecule has 104 valence electrons. The lowest BCUT2D eigenvalue weighted by molar-refractivity contribution is 0.381. The highest BCUT2D eigenvalue weighted by Crippen LogP contribution is 2.34.